The Hall–Kier alpha value is -3.51. The lowest BCUT2D eigenvalue weighted by Gasteiger charge is -2.32. The van der Waals surface area contributed by atoms with Crippen molar-refractivity contribution in [1.82, 2.24) is 15.2 Å². The highest BCUT2D eigenvalue weighted by molar-refractivity contribution is 5.91. The van der Waals surface area contributed by atoms with Crippen LogP contribution in [0.1, 0.15) is 29.5 Å². The summed E-state index contributed by atoms with van der Waals surface area (Å²) in [5, 5.41) is 3.07. The lowest BCUT2D eigenvalue weighted by atomic mass is 10.0. The van der Waals surface area contributed by atoms with Gasteiger partial charge in [0, 0.05) is 37.9 Å². The number of carbonyl (C=O) groups is 1. The van der Waals surface area contributed by atoms with Crippen molar-refractivity contribution in [2.75, 3.05) is 13.1 Å². The minimum Gasteiger partial charge on any atom is -0.453 e. The van der Waals surface area contributed by atoms with E-state index in [4.69, 9.17) is 4.74 Å². The van der Waals surface area contributed by atoms with Gasteiger partial charge in [0.15, 0.2) is 11.6 Å². The van der Waals surface area contributed by atoms with Gasteiger partial charge < -0.3 is 10.1 Å². The van der Waals surface area contributed by atoms with Gasteiger partial charge in [0.05, 0.1) is 6.20 Å². The first-order chi connectivity index (χ1) is 16.1. The summed E-state index contributed by atoms with van der Waals surface area (Å²) in [7, 11) is 0. The zero-order valence-corrected chi connectivity index (χ0v) is 18.7. The van der Waals surface area contributed by atoms with Crippen LogP contribution in [0.3, 0.4) is 0 Å². The second-order valence-corrected chi connectivity index (χ2v) is 8.30. The van der Waals surface area contributed by atoms with Crippen LogP contribution < -0.4 is 10.1 Å². The smallest absolute Gasteiger partial charge is 0.244 e. The third-order valence-corrected chi connectivity index (χ3v) is 5.83. The van der Waals surface area contributed by atoms with Crippen LogP contribution >= 0.6 is 0 Å². The second-order valence-electron chi connectivity index (χ2n) is 8.30. The van der Waals surface area contributed by atoms with Crippen LogP contribution in [-0.4, -0.2) is 34.9 Å². The first-order valence-electron chi connectivity index (χ1n) is 11.2. The molecule has 6 heteroatoms. The number of rotatable bonds is 7. The number of benzene rings is 2. The number of halogens is 1. The highest BCUT2D eigenvalue weighted by Gasteiger charge is 2.20. The fourth-order valence-corrected chi connectivity index (χ4v) is 3.92. The van der Waals surface area contributed by atoms with Gasteiger partial charge in [-0.25, -0.2) is 4.39 Å². The molecule has 0 unspecified atom stereocenters. The van der Waals surface area contributed by atoms with Crippen molar-refractivity contribution in [2.45, 2.75) is 32.4 Å². The number of carbonyl (C=O) groups excluding carboxylic acids is 1. The SMILES string of the molecule is Cc1ccccc1CN1CCC(NC(=O)/C=C/c2ccc(Oc3cccnc3)c(F)c2)CC1. The molecule has 0 atom stereocenters. The lowest BCUT2D eigenvalue weighted by molar-refractivity contribution is -0.117. The highest BCUT2D eigenvalue weighted by Crippen LogP contribution is 2.25. The molecule has 0 spiro atoms. The number of likely N-dealkylation sites (tertiary alicyclic amines) is 1. The maximum atomic E-state index is 14.4. The molecule has 0 bridgehead atoms. The predicted octanol–water partition coefficient (Wildman–Crippen LogP) is 5.12. The maximum absolute atomic E-state index is 14.4. The summed E-state index contributed by atoms with van der Waals surface area (Å²) in [4.78, 5) is 18.7. The topological polar surface area (TPSA) is 54.5 Å². The van der Waals surface area contributed by atoms with E-state index < -0.39 is 5.82 Å². The van der Waals surface area contributed by atoms with E-state index in [1.807, 2.05) is 0 Å². The molecule has 4 rings (SSSR count). The summed E-state index contributed by atoms with van der Waals surface area (Å²) in [6, 6.07) is 16.6. The van der Waals surface area contributed by atoms with E-state index in [0.717, 1.165) is 32.5 Å². The van der Waals surface area contributed by atoms with Crippen LogP contribution in [0.15, 0.2) is 73.1 Å². The molecular formula is C27H28FN3O2. The number of aromatic nitrogens is 1. The molecule has 1 aromatic heterocycles. The monoisotopic (exact) mass is 445 g/mol. The molecule has 33 heavy (non-hydrogen) atoms. The van der Waals surface area contributed by atoms with Crippen LogP contribution in [0.2, 0.25) is 0 Å². The molecule has 2 heterocycles. The van der Waals surface area contributed by atoms with Crippen molar-refractivity contribution in [3.8, 4) is 11.5 Å². The van der Waals surface area contributed by atoms with E-state index in [9.17, 15) is 9.18 Å². The van der Waals surface area contributed by atoms with Gasteiger partial charge in [0.1, 0.15) is 5.75 Å². The minimum atomic E-state index is -0.498. The maximum Gasteiger partial charge on any atom is 0.244 e. The normalized spacial score (nSPS) is 15.0. The largest absolute Gasteiger partial charge is 0.453 e. The third-order valence-electron chi connectivity index (χ3n) is 5.83. The molecule has 1 aliphatic heterocycles. The second kappa shape index (κ2) is 10.9. The predicted molar refractivity (Wildman–Crippen MR) is 127 cm³/mol. The van der Waals surface area contributed by atoms with Gasteiger partial charge >= 0.3 is 0 Å². The van der Waals surface area contributed by atoms with Gasteiger partial charge in [-0.05, 0) is 66.8 Å². The first kappa shape index (κ1) is 22.7. The zero-order chi connectivity index (χ0) is 23.0. The number of pyridine rings is 1. The van der Waals surface area contributed by atoms with Gasteiger partial charge in [0.25, 0.3) is 0 Å². The Bertz CT molecular complexity index is 1110. The molecule has 0 saturated carbocycles. The summed E-state index contributed by atoms with van der Waals surface area (Å²) in [5.41, 5.74) is 3.26. The van der Waals surface area contributed by atoms with Gasteiger partial charge in [0.2, 0.25) is 5.91 Å². The van der Waals surface area contributed by atoms with Crippen molar-refractivity contribution < 1.29 is 13.9 Å². The van der Waals surface area contributed by atoms with Crippen LogP contribution in [0, 0.1) is 12.7 Å². The molecule has 1 fully saturated rings. The number of hydrogen-bond donors (Lipinski definition) is 1. The Morgan fingerprint density at radius 3 is 2.73 bits per heavy atom. The zero-order valence-electron chi connectivity index (χ0n) is 18.7. The molecule has 170 valence electrons. The molecule has 1 amide bonds. The Morgan fingerprint density at radius 2 is 2.00 bits per heavy atom. The fourth-order valence-electron chi connectivity index (χ4n) is 3.92. The Labute approximate surface area is 193 Å². The van der Waals surface area contributed by atoms with Crippen molar-refractivity contribution in [3.63, 3.8) is 0 Å². The fraction of sp³-hybridized carbons (Fsp3) is 0.259. The lowest BCUT2D eigenvalue weighted by Crippen LogP contribution is -2.43. The van der Waals surface area contributed by atoms with Crippen molar-refractivity contribution >= 4 is 12.0 Å². The molecule has 0 aliphatic carbocycles. The number of piperidine rings is 1. The Kier molecular flexibility index (Phi) is 7.47. The van der Waals surface area contributed by atoms with Gasteiger partial charge in [-0.1, -0.05) is 30.3 Å². The van der Waals surface area contributed by atoms with Crippen LogP contribution in [-0.2, 0) is 11.3 Å². The third kappa shape index (κ3) is 6.49. The summed E-state index contributed by atoms with van der Waals surface area (Å²) < 4.78 is 19.9. The number of hydrogen-bond acceptors (Lipinski definition) is 4. The number of ether oxygens (including phenoxy) is 1. The van der Waals surface area contributed by atoms with Crippen LogP contribution in [0.5, 0.6) is 11.5 Å². The quantitative estimate of drug-likeness (QED) is 0.513. The number of nitrogens with one attached hydrogen (secondary N) is 1. The Morgan fingerprint density at radius 1 is 1.18 bits per heavy atom. The summed E-state index contributed by atoms with van der Waals surface area (Å²) in [6.07, 6.45) is 8.04. The van der Waals surface area contributed by atoms with Gasteiger partial charge in [-0.3, -0.25) is 14.7 Å². The summed E-state index contributed by atoms with van der Waals surface area (Å²) >= 11 is 0. The van der Waals surface area contributed by atoms with Gasteiger partial charge in [-0.2, -0.15) is 0 Å². The highest BCUT2D eigenvalue weighted by atomic mass is 19.1. The number of amides is 1. The van der Waals surface area contributed by atoms with Crippen molar-refractivity contribution in [3.05, 3.63) is 95.6 Å². The van der Waals surface area contributed by atoms with E-state index in [1.54, 1.807) is 36.5 Å². The molecule has 1 N–H and O–H groups in total. The molecule has 1 saturated heterocycles. The molecule has 2 aromatic carbocycles. The summed E-state index contributed by atoms with van der Waals surface area (Å²) in [6.45, 7) is 4.99. The van der Waals surface area contributed by atoms with Crippen molar-refractivity contribution in [1.29, 1.82) is 0 Å². The van der Waals surface area contributed by atoms with Gasteiger partial charge in [-0.15, -0.1) is 0 Å². The summed E-state index contributed by atoms with van der Waals surface area (Å²) in [5.74, 6) is -0.0861. The van der Waals surface area contributed by atoms with E-state index in [2.05, 4.69) is 46.4 Å². The molecule has 1 aliphatic rings. The average Bonchev–Trinajstić information content (AvgIpc) is 2.83. The van der Waals surface area contributed by atoms with E-state index >= 15 is 0 Å². The van der Waals surface area contributed by atoms with Crippen LogP contribution in [0.4, 0.5) is 4.39 Å². The van der Waals surface area contributed by atoms with E-state index in [1.165, 1.54) is 29.5 Å². The van der Waals surface area contributed by atoms with Crippen molar-refractivity contribution in [2.24, 2.45) is 0 Å². The molecular weight excluding hydrogens is 417 g/mol. The first-order valence-corrected chi connectivity index (χ1v) is 11.2. The molecule has 5 nitrogen and oxygen atoms in total. The van der Waals surface area contributed by atoms with E-state index in [-0.39, 0.29) is 17.7 Å². The number of nitrogens with zero attached hydrogens (tertiary/aromatic N) is 2. The minimum absolute atomic E-state index is 0.113. The van der Waals surface area contributed by atoms with E-state index in [0.29, 0.717) is 11.3 Å². The number of aryl methyl sites for hydroxylation is 1. The average molecular weight is 446 g/mol. The Balaban J connectivity index is 1.25. The standard InChI is InChI=1S/C27H28FN3O2/c1-20-5-2-3-6-22(20)19-31-15-12-23(13-16-31)30-27(32)11-9-21-8-10-26(25(28)17-21)33-24-7-4-14-29-18-24/h2-11,14,17-18,23H,12-13,15-16,19H2,1H3,(H,30,32)/b11-9+. The molecule has 0 radical (unpaired) electrons. The molecule has 3 aromatic rings. The van der Waals surface area contributed by atoms with Crippen LogP contribution in [0.25, 0.3) is 6.08 Å².